The van der Waals surface area contributed by atoms with Crippen LogP contribution in [0.3, 0.4) is 0 Å². The lowest BCUT2D eigenvalue weighted by molar-refractivity contribution is 0.0733. The monoisotopic (exact) mass is 339 g/mol. The average Bonchev–Trinajstić information content (AvgIpc) is 3.19. The lowest BCUT2D eigenvalue weighted by Crippen LogP contribution is -2.35. The Bertz CT molecular complexity index is 611. The van der Waals surface area contributed by atoms with Crippen LogP contribution in [-0.4, -0.2) is 34.5 Å². The summed E-state index contributed by atoms with van der Waals surface area (Å²) in [4.78, 5) is 16.0. The molecule has 4 nitrogen and oxygen atoms in total. The Morgan fingerprint density at radius 1 is 1.41 bits per heavy atom. The number of amides is 1. The minimum Gasteiger partial charge on any atom is -0.338 e. The van der Waals surface area contributed by atoms with Crippen LogP contribution in [0.5, 0.6) is 0 Å². The molecule has 120 valence electrons. The predicted octanol–water partition coefficient (Wildman–Crippen LogP) is 2.83. The second-order valence-corrected chi connectivity index (χ2v) is 6.78. The number of likely N-dealkylation sites (tertiary alicyclic amines) is 1. The van der Waals surface area contributed by atoms with Crippen LogP contribution in [0, 0.1) is 5.92 Å². The maximum absolute atomic E-state index is 12.8. The third-order valence-electron chi connectivity index (χ3n) is 4.21. The molecule has 2 aromatic rings. The van der Waals surface area contributed by atoms with Gasteiger partial charge in [-0.2, -0.15) is 0 Å². The fourth-order valence-electron chi connectivity index (χ4n) is 3.06. The van der Waals surface area contributed by atoms with Gasteiger partial charge in [0.2, 0.25) is 0 Å². The largest absolute Gasteiger partial charge is 0.338 e. The zero-order valence-electron chi connectivity index (χ0n) is 12.6. The van der Waals surface area contributed by atoms with Gasteiger partial charge in [0.25, 0.3) is 5.91 Å². The third kappa shape index (κ3) is 3.37. The summed E-state index contributed by atoms with van der Waals surface area (Å²) in [7, 11) is 0. The molecule has 0 aliphatic carbocycles. The molecule has 0 saturated carbocycles. The summed E-state index contributed by atoms with van der Waals surface area (Å²) in [5.74, 6) is 0.560. The number of nitrogens with zero attached hydrogens (tertiary/aromatic N) is 2. The maximum Gasteiger partial charge on any atom is 0.270 e. The van der Waals surface area contributed by atoms with Gasteiger partial charge in [-0.3, -0.25) is 4.79 Å². The third-order valence-corrected chi connectivity index (χ3v) is 5.07. The van der Waals surface area contributed by atoms with E-state index in [1.165, 1.54) is 4.88 Å². The second kappa shape index (κ2) is 7.31. The Balaban J connectivity index is 0.00000176. The Hall–Kier alpha value is -1.30. The predicted molar refractivity (Wildman–Crippen MR) is 92.8 cm³/mol. The summed E-state index contributed by atoms with van der Waals surface area (Å²) >= 11 is 1.72. The molecule has 0 bridgehead atoms. The highest BCUT2D eigenvalue weighted by atomic mass is 35.5. The van der Waals surface area contributed by atoms with Crippen molar-refractivity contribution in [1.82, 2.24) is 9.47 Å². The zero-order chi connectivity index (χ0) is 14.8. The molecule has 6 heteroatoms. The van der Waals surface area contributed by atoms with Crippen LogP contribution in [0.15, 0.2) is 35.8 Å². The highest BCUT2D eigenvalue weighted by Gasteiger charge is 2.33. The Morgan fingerprint density at radius 3 is 2.86 bits per heavy atom. The number of carbonyl (C=O) groups is 1. The van der Waals surface area contributed by atoms with Gasteiger partial charge in [0.15, 0.2) is 0 Å². The lowest BCUT2D eigenvalue weighted by atomic mass is 10.1. The van der Waals surface area contributed by atoms with Crippen LogP contribution in [0.1, 0.15) is 28.7 Å². The Labute approximate surface area is 141 Å². The van der Waals surface area contributed by atoms with Crippen molar-refractivity contribution in [1.29, 1.82) is 0 Å². The van der Waals surface area contributed by atoms with Crippen molar-refractivity contribution >= 4 is 29.7 Å². The van der Waals surface area contributed by atoms with Gasteiger partial charge in [-0.25, -0.2) is 0 Å². The van der Waals surface area contributed by atoms with Crippen molar-refractivity contribution < 1.29 is 4.79 Å². The summed E-state index contributed by atoms with van der Waals surface area (Å²) in [5.41, 5.74) is 6.53. The standard InChI is InChI=1S/C16H21N3OS.ClH/c1-12-8-13(9-17)10-19(12)16(20)15-5-2-6-18(15)11-14-4-3-7-21-14;/h2-7,12-13H,8-11,17H2,1H3;1H. The molecule has 2 aromatic heterocycles. The first-order chi connectivity index (χ1) is 10.2. The van der Waals surface area contributed by atoms with Crippen molar-refractivity contribution in [3.8, 4) is 0 Å². The quantitative estimate of drug-likeness (QED) is 0.931. The van der Waals surface area contributed by atoms with Crippen LogP contribution in [0.2, 0.25) is 0 Å². The van der Waals surface area contributed by atoms with Crippen molar-refractivity contribution in [3.05, 3.63) is 46.4 Å². The van der Waals surface area contributed by atoms with Crippen LogP contribution >= 0.6 is 23.7 Å². The number of rotatable bonds is 4. The van der Waals surface area contributed by atoms with Gasteiger partial charge in [-0.05, 0) is 49.4 Å². The van der Waals surface area contributed by atoms with Crippen LogP contribution < -0.4 is 5.73 Å². The van der Waals surface area contributed by atoms with Gasteiger partial charge in [0, 0.05) is 23.7 Å². The van der Waals surface area contributed by atoms with E-state index < -0.39 is 0 Å². The zero-order valence-corrected chi connectivity index (χ0v) is 14.3. The molecule has 0 aromatic carbocycles. The number of aromatic nitrogens is 1. The van der Waals surface area contributed by atoms with E-state index in [4.69, 9.17) is 5.73 Å². The van der Waals surface area contributed by atoms with E-state index >= 15 is 0 Å². The molecule has 2 unspecified atom stereocenters. The lowest BCUT2D eigenvalue weighted by Gasteiger charge is -2.22. The first-order valence-corrected chi connectivity index (χ1v) is 8.25. The highest BCUT2D eigenvalue weighted by molar-refractivity contribution is 7.09. The molecule has 22 heavy (non-hydrogen) atoms. The summed E-state index contributed by atoms with van der Waals surface area (Å²) in [5, 5.41) is 2.06. The van der Waals surface area contributed by atoms with E-state index in [1.54, 1.807) is 11.3 Å². The van der Waals surface area contributed by atoms with Gasteiger partial charge >= 0.3 is 0 Å². The SMILES string of the molecule is CC1CC(CN)CN1C(=O)c1cccn1Cc1cccs1.Cl. The number of carbonyl (C=O) groups excluding carboxylic acids is 1. The molecule has 1 aliphatic heterocycles. The first-order valence-electron chi connectivity index (χ1n) is 7.37. The topological polar surface area (TPSA) is 51.3 Å². The summed E-state index contributed by atoms with van der Waals surface area (Å²) in [6, 6.07) is 8.28. The number of halogens is 1. The molecule has 3 heterocycles. The summed E-state index contributed by atoms with van der Waals surface area (Å²) < 4.78 is 2.04. The van der Waals surface area contributed by atoms with Gasteiger partial charge < -0.3 is 15.2 Å². The highest BCUT2D eigenvalue weighted by Crippen LogP contribution is 2.24. The Morgan fingerprint density at radius 2 is 2.23 bits per heavy atom. The van der Waals surface area contributed by atoms with Crippen molar-refractivity contribution in [2.45, 2.75) is 25.9 Å². The number of hydrogen-bond acceptors (Lipinski definition) is 3. The van der Waals surface area contributed by atoms with Gasteiger partial charge in [0.1, 0.15) is 5.69 Å². The number of nitrogens with two attached hydrogens (primary N) is 1. The molecule has 0 radical (unpaired) electrons. The molecule has 1 saturated heterocycles. The fraction of sp³-hybridized carbons (Fsp3) is 0.438. The molecule has 3 rings (SSSR count). The summed E-state index contributed by atoms with van der Waals surface area (Å²) in [6.07, 6.45) is 2.99. The molecule has 2 N–H and O–H groups in total. The van der Waals surface area contributed by atoms with E-state index in [1.807, 2.05) is 33.9 Å². The number of hydrogen-bond donors (Lipinski definition) is 1. The van der Waals surface area contributed by atoms with Crippen molar-refractivity contribution in [3.63, 3.8) is 0 Å². The van der Waals surface area contributed by atoms with E-state index in [-0.39, 0.29) is 24.4 Å². The van der Waals surface area contributed by atoms with E-state index in [0.29, 0.717) is 12.5 Å². The van der Waals surface area contributed by atoms with E-state index in [0.717, 1.165) is 25.2 Å². The van der Waals surface area contributed by atoms with Crippen molar-refractivity contribution in [2.24, 2.45) is 11.7 Å². The second-order valence-electron chi connectivity index (χ2n) is 5.74. The molecular weight excluding hydrogens is 318 g/mol. The molecule has 2 atom stereocenters. The van der Waals surface area contributed by atoms with Crippen LogP contribution in [-0.2, 0) is 6.54 Å². The molecule has 1 aliphatic rings. The smallest absolute Gasteiger partial charge is 0.270 e. The first kappa shape index (κ1) is 17.1. The molecule has 1 amide bonds. The number of thiophene rings is 1. The summed E-state index contributed by atoms with van der Waals surface area (Å²) in [6.45, 7) is 4.30. The van der Waals surface area contributed by atoms with Gasteiger partial charge in [0.05, 0.1) is 6.54 Å². The average molecular weight is 340 g/mol. The molecule has 1 fully saturated rings. The van der Waals surface area contributed by atoms with Crippen LogP contribution in [0.25, 0.3) is 0 Å². The van der Waals surface area contributed by atoms with Gasteiger partial charge in [-0.15, -0.1) is 23.7 Å². The van der Waals surface area contributed by atoms with E-state index in [2.05, 4.69) is 18.4 Å². The van der Waals surface area contributed by atoms with Gasteiger partial charge in [-0.1, -0.05) is 6.07 Å². The minimum atomic E-state index is 0. The molecule has 0 spiro atoms. The van der Waals surface area contributed by atoms with Crippen molar-refractivity contribution in [2.75, 3.05) is 13.1 Å². The fourth-order valence-corrected chi connectivity index (χ4v) is 3.76. The maximum atomic E-state index is 12.8. The normalized spacial score (nSPS) is 20.9. The Kier molecular flexibility index (Phi) is 5.67. The minimum absolute atomic E-state index is 0. The molecular formula is C16H22ClN3OS. The van der Waals surface area contributed by atoms with Crippen LogP contribution in [0.4, 0.5) is 0 Å². The van der Waals surface area contributed by atoms with E-state index in [9.17, 15) is 4.79 Å².